The molecule has 0 aromatic heterocycles. The maximum Gasteiger partial charge on any atom is 0.335 e. The lowest BCUT2D eigenvalue weighted by atomic mass is 9.73. The number of aliphatic carboxylic acids is 1. The van der Waals surface area contributed by atoms with Gasteiger partial charge in [0.2, 0.25) is 0 Å². The van der Waals surface area contributed by atoms with Crippen LogP contribution in [-0.4, -0.2) is 23.8 Å². The fourth-order valence-corrected chi connectivity index (χ4v) is 1.39. The van der Waals surface area contributed by atoms with Gasteiger partial charge in [-0.2, -0.15) is 0 Å². The van der Waals surface area contributed by atoms with Gasteiger partial charge in [-0.15, -0.1) is 0 Å². The molecule has 1 fully saturated rings. The lowest BCUT2D eigenvalue weighted by molar-refractivity contribution is -0.171. The standard InChI is InChI=1S/C8H14O3/c1-8(11-2,7(9)10)6-4-3-5-6/h6H,3-5H2,1-2H3,(H,9,10). The minimum absolute atomic E-state index is 0.213. The molecule has 1 aliphatic carbocycles. The molecule has 0 saturated heterocycles. The van der Waals surface area contributed by atoms with Gasteiger partial charge < -0.3 is 9.84 Å². The number of hydrogen-bond donors (Lipinski definition) is 1. The van der Waals surface area contributed by atoms with Crippen LogP contribution in [0.15, 0.2) is 0 Å². The van der Waals surface area contributed by atoms with Crippen molar-refractivity contribution in [3.05, 3.63) is 0 Å². The summed E-state index contributed by atoms with van der Waals surface area (Å²) >= 11 is 0. The van der Waals surface area contributed by atoms with Crippen molar-refractivity contribution in [3.63, 3.8) is 0 Å². The van der Waals surface area contributed by atoms with E-state index in [2.05, 4.69) is 0 Å². The van der Waals surface area contributed by atoms with E-state index in [1.165, 1.54) is 7.11 Å². The Morgan fingerprint density at radius 1 is 1.64 bits per heavy atom. The molecule has 11 heavy (non-hydrogen) atoms. The van der Waals surface area contributed by atoms with Crippen molar-refractivity contribution in [1.29, 1.82) is 0 Å². The van der Waals surface area contributed by atoms with Crippen LogP contribution in [0.25, 0.3) is 0 Å². The Morgan fingerprint density at radius 3 is 2.27 bits per heavy atom. The van der Waals surface area contributed by atoms with E-state index >= 15 is 0 Å². The largest absolute Gasteiger partial charge is 0.479 e. The highest BCUT2D eigenvalue weighted by atomic mass is 16.5. The van der Waals surface area contributed by atoms with Gasteiger partial charge in [0, 0.05) is 7.11 Å². The molecular weight excluding hydrogens is 144 g/mol. The highest BCUT2D eigenvalue weighted by Gasteiger charge is 2.44. The highest BCUT2D eigenvalue weighted by molar-refractivity contribution is 5.77. The molecule has 3 nitrogen and oxygen atoms in total. The van der Waals surface area contributed by atoms with Crippen LogP contribution in [0.4, 0.5) is 0 Å². The first kappa shape index (κ1) is 8.53. The van der Waals surface area contributed by atoms with Gasteiger partial charge >= 0.3 is 5.97 Å². The average molecular weight is 158 g/mol. The summed E-state index contributed by atoms with van der Waals surface area (Å²) in [4.78, 5) is 10.8. The first-order valence-corrected chi connectivity index (χ1v) is 3.90. The van der Waals surface area contributed by atoms with Crippen molar-refractivity contribution < 1.29 is 14.6 Å². The number of carbonyl (C=O) groups is 1. The zero-order valence-electron chi connectivity index (χ0n) is 6.96. The summed E-state index contributed by atoms with van der Waals surface area (Å²) in [5, 5.41) is 8.84. The maximum absolute atomic E-state index is 10.8. The molecule has 0 aliphatic heterocycles. The summed E-state index contributed by atoms with van der Waals surface area (Å²) in [5.74, 6) is -0.630. The van der Waals surface area contributed by atoms with E-state index in [9.17, 15) is 4.79 Å². The van der Waals surface area contributed by atoms with Gasteiger partial charge in [0.25, 0.3) is 0 Å². The van der Waals surface area contributed by atoms with E-state index in [0.29, 0.717) is 0 Å². The summed E-state index contributed by atoms with van der Waals surface area (Å²) in [6.07, 6.45) is 3.10. The molecule has 0 radical (unpaired) electrons. The Balaban J connectivity index is 2.65. The van der Waals surface area contributed by atoms with Gasteiger partial charge in [0.1, 0.15) is 0 Å². The molecule has 1 aliphatic rings. The summed E-state index contributed by atoms with van der Waals surface area (Å²) < 4.78 is 5.00. The van der Waals surface area contributed by atoms with E-state index in [4.69, 9.17) is 9.84 Å². The zero-order valence-corrected chi connectivity index (χ0v) is 6.96. The highest BCUT2D eigenvalue weighted by Crippen LogP contribution is 2.38. The summed E-state index contributed by atoms with van der Waals surface area (Å²) in [6.45, 7) is 1.65. The number of ether oxygens (including phenoxy) is 1. The quantitative estimate of drug-likeness (QED) is 0.673. The Morgan fingerprint density at radius 2 is 2.18 bits per heavy atom. The third-order valence-corrected chi connectivity index (χ3v) is 2.73. The second-order valence-corrected chi connectivity index (χ2v) is 3.24. The van der Waals surface area contributed by atoms with Crippen LogP contribution in [0.5, 0.6) is 0 Å². The van der Waals surface area contributed by atoms with Gasteiger partial charge in [-0.3, -0.25) is 0 Å². The number of carboxylic acids is 1. The van der Waals surface area contributed by atoms with Gasteiger partial charge in [0.15, 0.2) is 5.60 Å². The minimum Gasteiger partial charge on any atom is -0.479 e. The smallest absolute Gasteiger partial charge is 0.335 e. The van der Waals surface area contributed by atoms with Crippen molar-refractivity contribution in [2.24, 2.45) is 5.92 Å². The predicted octanol–water partition coefficient (Wildman–Crippen LogP) is 1.28. The van der Waals surface area contributed by atoms with Crippen molar-refractivity contribution >= 4 is 5.97 Å². The second kappa shape index (κ2) is 2.81. The molecular formula is C8H14O3. The molecule has 0 aromatic rings. The molecule has 64 valence electrons. The third kappa shape index (κ3) is 1.25. The molecule has 1 saturated carbocycles. The molecule has 0 spiro atoms. The maximum atomic E-state index is 10.8. The molecule has 1 unspecified atom stereocenters. The van der Waals surface area contributed by atoms with Crippen LogP contribution >= 0.6 is 0 Å². The van der Waals surface area contributed by atoms with Crippen LogP contribution < -0.4 is 0 Å². The number of carboxylic acid groups (broad SMARTS) is 1. The summed E-state index contributed by atoms with van der Waals surface area (Å²) in [6, 6.07) is 0. The monoisotopic (exact) mass is 158 g/mol. The Hall–Kier alpha value is -0.570. The van der Waals surface area contributed by atoms with Crippen molar-refractivity contribution in [2.45, 2.75) is 31.8 Å². The molecule has 3 heteroatoms. The van der Waals surface area contributed by atoms with Crippen LogP contribution in [-0.2, 0) is 9.53 Å². The zero-order chi connectivity index (χ0) is 8.48. The van der Waals surface area contributed by atoms with Crippen LogP contribution in [0.3, 0.4) is 0 Å². The second-order valence-electron chi connectivity index (χ2n) is 3.24. The Labute approximate surface area is 66.4 Å². The fourth-order valence-electron chi connectivity index (χ4n) is 1.39. The first-order valence-electron chi connectivity index (χ1n) is 3.90. The molecule has 1 atom stereocenters. The molecule has 0 amide bonds. The summed E-state index contributed by atoms with van der Waals surface area (Å²) in [7, 11) is 1.46. The molecule has 0 heterocycles. The van der Waals surface area contributed by atoms with E-state index < -0.39 is 11.6 Å². The molecule has 0 aromatic carbocycles. The van der Waals surface area contributed by atoms with Crippen molar-refractivity contribution in [2.75, 3.05) is 7.11 Å². The van der Waals surface area contributed by atoms with Gasteiger partial charge in [0.05, 0.1) is 0 Å². The fraction of sp³-hybridized carbons (Fsp3) is 0.875. The Bertz CT molecular complexity index is 163. The Kier molecular flexibility index (Phi) is 2.18. The van der Waals surface area contributed by atoms with E-state index in [1.54, 1.807) is 6.92 Å². The van der Waals surface area contributed by atoms with Crippen LogP contribution in [0, 0.1) is 5.92 Å². The number of methoxy groups -OCH3 is 1. The predicted molar refractivity (Wildman–Crippen MR) is 40.4 cm³/mol. The SMILES string of the molecule is COC(C)(C(=O)O)C1CCC1. The van der Waals surface area contributed by atoms with Gasteiger partial charge in [-0.05, 0) is 25.7 Å². The first-order chi connectivity index (χ1) is 5.11. The molecule has 1 rings (SSSR count). The number of hydrogen-bond acceptors (Lipinski definition) is 2. The average Bonchev–Trinajstić information content (AvgIpc) is 1.83. The number of rotatable bonds is 3. The van der Waals surface area contributed by atoms with Gasteiger partial charge in [-0.25, -0.2) is 4.79 Å². The minimum atomic E-state index is -0.946. The normalized spacial score (nSPS) is 23.8. The van der Waals surface area contributed by atoms with Crippen molar-refractivity contribution in [1.82, 2.24) is 0 Å². The molecule has 0 bridgehead atoms. The summed E-state index contributed by atoms with van der Waals surface area (Å²) in [5.41, 5.74) is -0.946. The van der Waals surface area contributed by atoms with E-state index in [-0.39, 0.29) is 5.92 Å². The van der Waals surface area contributed by atoms with Crippen LogP contribution in [0.1, 0.15) is 26.2 Å². The van der Waals surface area contributed by atoms with Crippen LogP contribution in [0.2, 0.25) is 0 Å². The van der Waals surface area contributed by atoms with E-state index in [1.807, 2.05) is 0 Å². The van der Waals surface area contributed by atoms with E-state index in [0.717, 1.165) is 19.3 Å². The lowest BCUT2D eigenvalue weighted by Crippen LogP contribution is -2.47. The topological polar surface area (TPSA) is 46.5 Å². The molecule has 1 N–H and O–H groups in total. The van der Waals surface area contributed by atoms with Gasteiger partial charge in [-0.1, -0.05) is 6.42 Å². The third-order valence-electron chi connectivity index (χ3n) is 2.73. The lowest BCUT2D eigenvalue weighted by Gasteiger charge is -2.38. The van der Waals surface area contributed by atoms with Crippen molar-refractivity contribution in [3.8, 4) is 0 Å².